The fraction of sp³-hybridized carbons (Fsp3) is 0.324. The maximum Gasteiger partial charge on any atom is 0.336 e. The lowest BCUT2D eigenvalue weighted by molar-refractivity contribution is -0.360. The number of pyridine rings is 1. The van der Waals surface area contributed by atoms with E-state index in [9.17, 15) is 14.7 Å². The van der Waals surface area contributed by atoms with Crippen LogP contribution in [0, 0.1) is 5.92 Å². The molecular formula is C34H34ClN6O4+. The number of nitrogen functional groups attached to an aromatic ring is 1. The summed E-state index contributed by atoms with van der Waals surface area (Å²) in [6.07, 6.45) is 10.6. The van der Waals surface area contributed by atoms with Gasteiger partial charge in [-0.25, -0.2) is 9.78 Å². The Bertz CT molecular complexity index is 2030. The lowest BCUT2D eigenvalue weighted by Crippen LogP contribution is -2.30. The van der Waals surface area contributed by atoms with E-state index in [1.54, 1.807) is 6.07 Å². The first kappa shape index (κ1) is 29.0. The number of H-pyrrole nitrogens is 1. The number of aromatic nitrogens is 4. The summed E-state index contributed by atoms with van der Waals surface area (Å²) >= 11 is 6.23. The third-order valence-corrected chi connectivity index (χ3v) is 9.20. The summed E-state index contributed by atoms with van der Waals surface area (Å²) in [7, 11) is 0. The third-order valence-electron chi connectivity index (χ3n) is 8.97. The predicted octanol–water partition coefficient (Wildman–Crippen LogP) is 5.00. The number of aromatic amines is 1. The largest absolute Gasteiger partial charge is 0.508 e. The van der Waals surface area contributed by atoms with Gasteiger partial charge in [-0.15, -0.1) is 5.10 Å². The highest BCUT2D eigenvalue weighted by Crippen LogP contribution is 2.46. The Hall–Kier alpha value is -4.70. The summed E-state index contributed by atoms with van der Waals surface area (Å²) in [5, 5.41) is 23.3. The molecule has 2 aliphatic rings. The predicted molar refractivity (Wildman–Crippen MR) is 171 cm³/mol. The minimum Gasteiger partial charge on any atom is -0.508 e. The van der Waals surface area contributed by atoms with Gasteiger partial charge >= 0.3 is 5.63 Å². The number of allylic oxidation sites excluding steroid dienone is 2. The van der Waals surface area contributed by atoms with Gasteiger partial charge in [-0.1, -0.05) is 28.5 Å². The van der Waals surface area contributed by atoms with Crippen LogP contribution in [-0.2, 0) is 30.7 Å². The second kappa shape index (κ2) is 12.0. The molecule has 2 atom stereocenters. The molecule has 3 heterocycles. The lowest BCUT2D eigenvalue weighted by atomic mass is 9.70. The van der Waals surface area contributed by atoms with Crippen LogP contribution >= 0.6 is 11.6 Å². The first-order chi connectivity index (χ1) is 21.8. The summed E-state index contributed by atoms with van der Waals surface area (Å²) < 4.78 is 6.96. The maximum absolute atomic E-state index is 12.6. The number of fused-ring (bicyclic) bond motifs is 6. The van der Waals surface area contributed by atoms with E-state index >= 15 is 0 Å². The Morgan fingerprint density at radius 1 is 1.16 bits per heavy atom. The van der Waals surface area contributed by atoms with E-state index in [1.165, 1.54) is 35.0 Å². The first-order valence-electron chi connectivity index (χ1n) is 15.3. The van der Waals surface area contributed by atoms with E-state index < -0.39 is 5.63 Å². The summed E-state index contributed by atoms with van der Waals surface area (Å²) in [5.41, 5.74) is 13.5. The molecule has 5 N–H and O–H groups in total. The molecule has 2 aliphatic carbocycles. The number of rotatable bonds is 9. The van der Waals surface area contributed by atoms with Crippen molar-refractivity contribution in [1.29, 1.82) is 0 Å². The smallest absolute Gasteiger partial charge is 0.336 e. The highest BCUT2D eigenvalue weighted by Gasteiger charge is 2.36. The number of carbonyl (C=O) groups is 1. The molecule has 5 aromatic rings. The van der Waals surface area contributed by atoms with Gasteiger partial charge in [0.15, 0.2) is 5.69 Å². The highest BCUT2D eigenvalue weighted by atomic mass is 35.5. The van der Waals surface area contributed by atoms with E-state index in [-0.39, 0.29) is 30.2 Å². The quantitative estimate of drug-likeness (QED) is 0.118. The number of aromatic hydroxyl groups is 1. The number of benzene rings is 2. The van der Waals surface area contributed by atoms with Gasteiger partial charge in [0.25, 0.3) is 0 Å². The van der Waals surface area contributed by atoms with Crippen molar-refractivity contribution < 1.29 is 19.3 Å². The molecule has 1 amide bonds. The summed E-state index contributed by atoms with van der Waals surface area (Å²) in [6, 6.07) is 11.7. The number of hydrogen-bond donors (Lipinski definition) is 3. The van der Waals surface area contributed by atoms with Gasteiger partial charge in [-0.3, -0.25) is 9.48 Å². The van der Waals surface area contributed by atoms with Crippen LogP contribution in [0.5, 0.6) is 5.75 Å². The van der Waals surface area contributed by atoms with E-state index in [2.05, 4.69) is 26.7 Å². The zero-order chi connectivity index (χ0) is 31.1. The van der Waals surface area contributed by atoms with Crippen LogP contribution in [0.25, 0.3) is 21.9 Å². The molecule has 45 heavy (non-hydrogen) atoms. The molecule has 0 fully saturated rings. The number of carbonyl (C=O) groups excluding carboxylic acids is 1. The Morgan fingerprint density at radius 3 is 2.91 bits per heavy atom. The number of unbranched alkanes of at least 4 members (excludes halogenated alkanes) is 1. The Morgan fingerprint density at radius 2 is 2.02 bits per heavy atom. The number of anilines is 1. The second-order valence-electron chi connectivity index (χ2n) is 12.2. The van der Waals surface area contributed by atoms with Gasteiger partial charge in [-0.05, 0) is 73.8 Å². The average molecular weight is 626 g/mol. The molecule has 230 valence electrons. The maximum atomic E-state index is 12.6. The van der Waals surface area contributed by atoms with Gasteiger partial charge in [0.1, 0.15) is 17.0 Å². The minimum atomic E-state index is -0.574. The Balaban J connectivity index is 0.896. The number of nitrogens with two attached hydrogens (primary N) is 1. The Kier molecular flexibility index (Phi) is 7.75. The van der Waals surface area contributed by atoms with Crippen LogP contribution in [0.15, 0.2) is 69.5 Å². The number of nitrogens with one attached hydrogen (secondary N) is 2. The molecule has 10 nitrogen and oxygen atoms in total. The minimum absolute atomic E-state index is 0.000471. The number of hydrogen-bond acceptors (Lipinski definition) is 7. The first-order valence-corrected chi connectivity index (χ1v) is 15.7. The van der Waals surface area contributed by atoms with E-state index in [4.69, 9.17) is 21.8 Å². The lowest BCUT2D eigenvalue weighted by Gasteiger charge is -2.34. The average Bonchev–Trinajstić information content (AvgIpc) is 3.45. The van der Waals surface area contributed by atoms with Crippen molar-refractivity contribution in [3.63, 3.8) is 0 Å². The number of nitrogens with zero attached hydrogens (tertiary/aromatic N) is 3. The number of aryl methyl sites for hydroxylation is 1. The van der Waals surface area contributed by atoms with Crippen LogP contribution in [0.4, 0.5) is 5.69 Å². The van der Waals surface area contributed by atoms with Crippen molar-refractivity contribution in [2.24, 2.45) is 5.92 Å². The van der Waals surface area contributed by atoms with Crippen LogP contribution in [-0.4, -0.2) is 26.0 Å². The molecule has 0 saturated heterocycles. The van der Waals surface area contributed by atoms with E-state index in [1.807, 2.05) is 29.1 Å². The molecule has 11 heteroatoms. The summed E-state index contributed by atoms with van der Waals surface area (Å²) in [4.78, 5) is 28.2. The number of amides is 1. The number of halogens is 1. The molecule has 3 aromatic heterocycles. The second-order valence-corrected chi connectivity index (χ2v) is 12.6. The SMILES string of the molecule is Nc1c2c([nH+]c3cc(Cl)ccc13)CC1C=C(CCCCn3cc(CNC(=O)Cc4cc(=O)oc5cc(O)ccc45)nn3)CC2C1. The molecule has 2 bridgehead atoms. The topological polar surface area (TPSA) is 150 Å². The van der Waals surface area contributed by atoms with Crippen molar-refractivity contribution >= 4 is 45.1 Å². The van der Waals surface area contributed by atoms with Gasteiger partial charge < -0.3 is 20.6 Å². The van der Waals surface area contributed by atoms with Crippen molar-refractivity contribution in [1.82, 2.24) is 20.3 Å². The van der Waals surface area contributed by atoms with Crippen molar-refractivity contribution in [3.8, 4) is 5.75 Å². The fourth-order valence-corrected chi connectivity index (χ4v) is 7.18. The molecule has 2 aromatic carbocycles. The van der Waals surface area contributed by atoms with E-state index in [0.29, 0.717) is 33.5 Å². The fourth-order valence-electron chi connectivity index (χ4n) is 7.01. The monoisotopic (exact) mass is 625 g/mol. The van der Waals surface area contributed by atoms with Crippen molar-refractivity contribution in [2.45, 2.75) is 64.0 Å². The zero-order valence-corrected chi connectivity index (χ0v) is 25.4. The molecule has 2 unspecified atom stereocenters. The van der Waals surface area contributed by atoms with Crippen molar-refractivity contribution in [2.75, 3.05) is 5.73 Å². The highest BCUT2D eigenvalue weighted by molar-refractivity contribution is 6.31. The molecule has 0 saturated carbocycles. The van der Waals surface area contributed by atoms with Gasteiger partial charge in [-0.2, -0.15) is 0 Å². The third kappa shape index (κ3) is 6.15. The molecular weight excluding hydrogens is 592 g/mol. The van der Waals surface area contributed by atoms with Crippen LogP contribution in [0.1, 0.15) is 60.5 Å². The molecule has 0 aliphatic heterocycles. The normalized spacial score (nSPS) is 17.3. The number of phenols is 1. The van der Waals surface area contributed by atoms with Gasteiger partial charge in [0.2, 0.25) is 11.4 Å². The van der Waals surface area contributed by atoms with Gasteiger partial charge in [0.05, 0.1) is 30.2 Å². The molecule has 7 rings (SSSR count). The summed E-state index contributed by atoms with van der Waals surface area (Å²) in [5.74, 6) is 0.697. The standard InChI is InChI=1S/C34H33ClN6O4/c35-23-4-6-27-28(15-23)38-29-12-20-9-19(10-22(11-20)33(29)34(27)36)3-1-2-8-41-18-24(39-40-41)17-37-31(43)13-21-14-32(44)45-30-16-25(42)5-7-26(21)30/h4-7,9,14-16,18,20,22,42H,1-3,8,10-13,17H2,(H2,36,38)(H,37,43)/p+1. The van der Waals surface area contributed by atoms with Crippen LogP contribution in [0.2, 0.25) is 5.02 Å². The van der Waals surface area contributed by atoms with Gasteiger partial charge in [0, 0.05) is 47.1 Å². The number of phenolic OH excluding ortho intramolecular Hbond substituents is 1. The van der Waals surface area contributed by atoms with Crippen molar-refractivity contribution in [3.05, 3.63) is 98.3 Å². The molecule has 0 spiro atoms. The van der Waals surface area contributed by atoms with E-state index in [0.717, 1.165) is 61.7 Å². The Labute approximate surface area is 263 Å². The summed E-state index contributed by atoms with van der Waals surface area (Å²) in [6.45, 7) is 0.984. The van der Waals surface area contributed by atoms with Crippen LogP contribution < -0.4 is 21.7 Å². The zero-order valence-electron chi connectivity index (χ0n) is 24.7. The molecule has 0 radical (unpaired) electrons. The van der Waals surface area contributed by atoms with Crippen LogP contribution in [0.3, 0.4) is 0 Å².